The highest BCUT2D eigenvalue weighted by atomic mass is 32.1. The van der Waals surface area contributed by atoms with E-state index in [1.54, 1.807) is 62.3 Å². The smallest absolute Gasteiger partial charge is 0.444 e. The van der Waals surface area contributed by atoms with Crippen LogP contribution in [0.5, 0.6) is 0 Å². The number of hydrogen-bond donors (Lipinski definition) is 2. The van der Waals surface area contributed by atoms with Gasteiger partial charge in [0.2, 0.25) is 5.13 Å². The quantitative estimate of drug-likeness (QED) is 0.265. The van der Waals surface area contributed by atoms with E-state index in [9.17, 15) is 14.4 Å². The van der Waals surface area contributed by atoms with Crippen LogP contribution in [0.1, 0.15) is 69.7 Å². The number of carbonyl (C=O) groups excluding carboxylic acids is 3. The van der Waals surface area contributed by atoms with Crippen molar-refractivity contribution in [3.05, 3.63) is 12.7 Å². The molecule has 3 N–H and O–H groups in total. The number of carbonyl (C=O) groups is 3. The van der Waals surface area contributed by atoms with E-state index in [1.165, 1.54) is 24.2 Å². The fraction of sp³-hybridized carbons (Fsp3) is 0.650. The lowest BCUT2D eigenvalue weighted by Crippen LogP contribution is -2.29. The van der Waals surface area contributed by atoms with Gasteiger partial charge >= 0.3 is 18.4 Å². The summed E-state index contributed by atoms with van der Waals surface area (Å²) in [5.41, 5.74) is 3.24. The van der Waals surface area contributed by atoms with Gasteiger partial charge < -0.3 is 24.7 Å². The van der Waals surface area contributed by atoms with Crippen molar-refractivity contribution >= 4 is 51.7 Å². The van der Waals surface area contributed by atoms with E-state index in [2.05, 4.69) is 28.8 Å². The Bertz CT molecular complexity index is 845. The third-order valence-corrected chi connectivity index (χ3v) is 3.37. The molecule has 0 aliphatic rings. The van der Waals surface area contributed by atoms with E-state index >= 15 is 0 Å². The second kappa shape index (κ2) is 15.0. The molecular weight excluding hydrogens is 500 g/mol. The van der Waals surface area contributed by atoms with E-state index in [0.29, 0.717) is 10.3 Å². The second-order valence-corrected chi connectivity index (χ2v) is 10.8. The number of nitrogens with zero attached hydrogens (tertiary/aromatic N) is 4. The first-order valence-corrected chi connectivity index (χ1v) is 11.3. The molecule has 0 bridgehead atoms. The summed E-state index contributed by atoms with van der Waals surface area (Å²) in [6, 6.07) is 0. The summed E-state index contributed by atoms with van der Waals surface area (Å²) in [5, 5.41) is 3.42. The zero-order chi connectivity index (χ0) is 26.6. The molecule has 13 nitrogen and oxygen atoms in total. The summed E-state index contributed by atoms with van der Waals surface area (Å²) in [6.07, 6.45) is 0.176. The van der Waals surface area contributed by atoms with Crippen molar-refractivity contribution in [3.8, 4) is 0 Å². The number of nitrogens with two attached hydrogens (primary N) is 1. The van der Waals surface area contributed by atoms with Gasteiger partial charge in [0.05, 0.1) is 0 Å². The lowest BCUT2D eigenvalue weighted by Gasteiger charge is -2.20. The summed E-state index contributed by atoms with van der Waals surface area (Å²) in [5.74, 6) is 0. The molecule has 0 radical (unpaired) electrons. The van der Waals surface area contributed by atoms with Crippen molar-refractivity contribution in [2.75, 3.05) is 11.1 Å². The summed E-state index contributed by atoms with van der Waals surface area (Å²) in [6.45, 7) is 15.4. The average Bonchev–Trinajstić information content (AvgIpc) is 3.24. The normalized spacial score (nSPS) is 10.7. The topological polar surface area (TPSA) is 178 Å². The number of nitrogen functional groups attached to an aromatic ring is 1. The molecule has 0 aliphatic heterocycles. The molecule has 0 aliphatic carbocycles. The van der Waals surface area contributed by atoms with Crippen LogP contribution in [-0.2, 0) is 18.9 Å². The van der Waals surface area contributed by atoms with Crippen LogP contribution in [0.15, 0.2) is 12.7 Å². The molecule has 0 fully saturated rings. The number of nitrogens with one attached hydrogen (secondary N) is 1. The van der Waals surface area contributed by atoms with Gasteiger partial charge in [0.1, 0.15) is 29.5 Å². The molecule has 15 heteroatoms. The van der Waals surface area contributed by atoms with Gasteiger partial charge in [-0.25, -0.2) is 24.4 Å². The Morgan fingerprint density at radius 1 is 0.771 bits per heavy atom. The van der Waals surface area contributed by atoms with E-state index < -0.39 is 35.2 Å². The molecule has 0 atom stereocenters. The maximum atomic E-state index is 11.1. The highest BCUT2D eigenvalue weighted by Gasteiger charge is 2.24. The minimum absolute atomic E-state index is 0. The summed E-state index contributed by atoms with van der Waals surface area (Å²) in [7, 11) is 0. The largest absolute Gasteiger partial charge is 0.519 e. The lowest BCUT2D eigenvalue weighted by molar-refractivity contribution is -0.0294. The molecule has 0 spiro atoms. The van der Waals surface area contributed by atoms with Gasteiger partial charge in [-0.3, -0.25) is 5.32 Å². The van der Waals surface area contributed by atoms with Crippen LogP contribution < -0.4 is 11.1 Å². The Morgan fingerprint density at radius 3 is 1.49 bits per heavy atom. The monoisotopic (exact) mass is 536 g/mol. The van der Waals surface area contributed by atoms with Crippen LogP contribution in [0.4, 0.5) is 24.6 Å². The fourth-order valence-electron chi connectivity index (χ4n) is 1.41. The molecule has 2 aromatic rings. The molecule has 0 saturated carbocycles. The van der Waals surface area contributed by atoms with Crippen molar-refractivity contribution < 1.29 is 33.3 Å². The van der Waals surface area contributed by atoms with Gasteiger partial charge in [-0.2, -0.15) is 8.75 Å². The predicted octanol–water partition coefficient (Wildman–Crippen LogP) is 5.51. The van der Waals surface area contributed by atoms with Crippen LogP contribution in [0.25, 0.3) is 0 Å². The van der Waals surface area contributed by atoms with Crippen molar-refractivity contribution in [3.63, 3.8) is 0 Å². The first-order valence-electron chi connectivity index (χ1n) is 9.79. The summed E-state index contributed by atoms with van der Waals surface area (Å²) >= 11 is 2.30. The molecule has 2 heterocycles. The predicted molar refractivity (Wildman–Crippen MR) is 134 cm³/mol. The Morgan fingerprint density at radius 2 is 1.20 bits per heavy atom. The van der Waals surface area contributed by atoms with Crippen molar-refractivity contribution in [2.24, 2.45) is 0 Å². The first kappa shape index (κ1) is 34.1. The van der Waals surface area contributed by atoms with Crippen LogP contribution in [0, 0.1) is 0 Å². The molecule has 0 saturated heterocycles. The van der Waals surface area contributed by atoms with Gasteiger partial charge in [0.25, 0.3) is 0 Å². The number of aromatic nitrogens is 4. The zero-order valence-electron chi connectivity index (χ0n) is 20.7. The van der Waals surface area contributed by atoms with E-state index in [-0.39, 0.29) is 7.43 Å². The van der Waals surface area contributed by atoms with Crippen LogP contribution in [0.3, 0.4) is 0 Å². The SMILES string of the molecule is C.CC(C)(C)OC(=O)Nc1ncns1.CC(C)(C)OC(=O)OC(=O)OC(C)(C)C.Nc1ncns1. The molecule has 2 aromatic heterocycles. The standard InChI is InChI=1S/C10H18O5.C7H11N3O2S.C2H3N3S.CH4/c1-9(2,3)14-7(11)13-8(12)15-10(4,5)6;1-7(2,3)12-6(11)10-5-8-4-9-13-5;3-2-4-1-5-6-2;/h1-6H3;4H,1-3H3,(H,8,9,10,11);1H,(H2,3,4,5);1H4. The van der Waals surface area contributed by atoms with Gasteiger partial charge in [-0.1, -0.05) is 7.43 Å². The summed E-state index contributed by atoms with van der Waals surface area (Å²) in [4.78, 5) is 40.5. The Hall–Kier alpha value is -3.07. The molecule has 2 rings (SSSR count). The van der Waals surface area contributed by atoms with Gasteiger partial charge in [0, 0.05) is 23.1 Å². The Kier molecular flexibility index (Phi) is 14.6. The number of ether oxygens (including phenoxy) is 4. The molecule has 200 valence electrons. The minimum Gasteiger partial charge on any atom is -0.444 e. The number of amides is 1. The highest BCUT2D eigenvalue weighted by Crippen LogP contribution is 2.12. The van der Waals surface area contributed by atoms with Gasteiger partial charge in [-0.15, -0.1) is 0 Å². The Labute approximate surface area is 214 Å². The average molecular weight is 537 g/mol. The molecule has 35 heavy (non-hydrogen) atoms. The van der Waals surface area contributed by atoms with Crippen LogP contribution in [0.2, 0.25) is 0 Å². The van der Waals surface area contributed by atoms with Crippen molar-refractivity contribution in [1.82, 2.24) is 18.7 Å². The zero-order valence-corrected chi connectivity index (χ0v) is 22.3. The van der Waals surface area contributed by atoms with Crippen molar-refractivity contribution in [2.45, 2.75) is 86.5 Å². The summed E-state index contributed by atoms with van der Waals surface area (Å²) < 4.78 is 26.2. The van der Waals surface area contributed by atoms with E-state index in [4.69, 9.17) is 19.9 Å². The second-order valence-electron chi connectivity index (χ2n) is 9.18. The van der Waals surface area contributed by atoms with Crippen LogP contribution in [-0.4, -0.2) is 53.9 Å². The van der Waals surface area contributed by atoms with Gasteiger partial charge in [-0.05, 0) is 62.3 Å². The number of rotatable bonds is 1. The molecule has 0 unspecified atom stereocenters. The van der Waals surface area contributed by atoms with Gasteiger partial charge in [0.15, 0.2) is 5.13 Å². The minimum atomic E-state index is -1.06. The van der Waals surface area contributed by atoms with Crippen molar-refractivity contribution in [1.29, 1.82) is 0 Å². The number of anilines is 2. The third kappa shape index (κ3) is 22.5. The van der Waals surface area contributed by atoms with E-state index in [0.717, 1.165) is 11.5 Å². The number of hydrogen-bond acceptors (Lipinski definition) is 14. The fourth-order valence-corrected chi connectivity index (χ4v) is 2.12. The maximum Gasteiger partial charge on any atom is 0.519 e. The van der Waals surface area contributed by atoms with Crippen LogP contribution >= 0.6 is 23.1 Å². The molecule has 0 aromatic carbocycles. The lowest BCUT2D eigenvalue weighted by atomic mass is 10.2. The first-order chi connectivity index (χ1) is 15.4. The highest BCUT2D eigenvalue weighted by molar-refractivity contribution is 7.09. The third-order valence-electron chi connectivity index (χ3n) is 2.29. The molecule has 1 amide bonds. The Balaban J connectivity index is 0. The maximum absolute atomic E-state index is 11.1. The van der Waals surface area contributed by atoms with E-state index in [1.807, 2.05) is 0 Å². The molecular formula is C20H36N6O7S2.